The summed E-state index contributed by atoms with van der Waals surface area (Å²) in [6.45, 7) is 4.20. The molecule has 1 saturated heterocycles. The molecule has 3 aromatic heterocycles. The number of benzene rings is 2. The highest BCUT2D eigenvalue weighted by atomic mass is 19.1. The second-order valence-corrected chi connectivity index (χ2v) is 9.46. The number of fused-ring (bicyclic) bond motifs is 1. The smallest absolute Gasteiger partial charge is 0.227 e. The molecular formula is C29H28FN7. The number of para-hydroxylation sites is 1. The molecule has 1 aliphatic heterocycles. The molecule has 0 unspecified atom stereocenters. The molecular weight excluding hydrogens is 465 g/mol. The number of hydrogen-bond acceptors (Lipinski definition) is 6. The lowest BCUT2D eigenvalue weighted by Gasteiger charge is -2.34. The molecule has 0 spiro atoms. The fraction of sp³-hybridized carbons (Fsp3) is 0.207. The van der Waals surface area contributed by atoms with Gasteiger partial charge in [-0.1, -0.05) is 18.2 Å². The van der Waals surface area contributed by atoms with E-state index in [2.05, 4.69) is 79.3 Å². The molecule has 7 nitrogen and oxygen atoms in total. The average Bonchev–Trinajstić information content (AvgIpc) is 3.27. The van der Waals surface area contributed by atoms with Crippen molar-refractivity contribution in [2.24, 2.45) is 7.05 Å². The molecule has 1 fully saturated rings. The quantitative estimate of drug-likeness (QED) is 0.334. The summed E-state index contributed by atoms with van der Waals surface area (Å²) in [6, 6.07) is 19.7. The van der Waals surface area contributed by atoms with E-state index in [9.17, 15) is 4.39 Å². The first-order valence-electron chi connectivity index (χ1n) is 12.4. The predicted octanol–water partition coefficient (Wildman–Crippen LogP) is 5.33. The van der Waals surface area contributed by atoms with E-state index < -0.39 is 5.95 Å². The number of halogens is 1. The Kier molecular flexibility index (Phi) is 6.02. The van der Waals surface area contributed by atoms with Gasteiger partial charge in [-0.25, -0.2) is 15.0 Å². The van der Waals surface area contributed by atoms with E-state index in [1.54, 1.807) is 12.3 Å². The zero-order valence-corrected chi connectivity index (χ0v) is 20.9. The minimum atomic E-state index is -0.519. The normalized spacial score (nSPS) is 14.3. The van der Waals surface area contributed by atoms with Crippen LogP contribution in [0.3, 0.4) is 0 Å². The summed E-state index contributed by atoms with van der Waals surface area (Å²) < 4.78 is 15.6. The maximum atomic E-state index is 13.5. The molecule has 1 N–H and O–H groups in total. The number of aryl methyl sites for hydroxylation is 1. The molecule has 1 aliphatic rings. The Hall–Kier alpha value is -4.30. The van der Waals surface area contributed by atoms with Crippen LogP contribution in [0, 0.1) is 5.95 Å². The zero-order valence-electron chi connectivity index (χ0n) is 20.9. The maximum Gasteiger partial charge on any atom is 0.227 e. The number of anilines is 3. The highest BCUT2D eigenvalue weighted by molar-refractivity contribution is 5.98. The van der Waals surface area contributed by atoms with Crippen LogP contribution in [0.1, 0.15) is 0 Å². The minimum absolute atomic E-state index is 0.495. The number of nitrogens with zero attached hydrogens (tertiary/aromatic N) is 6. The molecule has 4 heterocycles. The van der Waals surface area contributed by atoms with Gasteiger partial charge in [0.25, 0.3) is 0 Å². The van der Waals surface area contributed by atoms with Crippen LogP contribution in [0.4, 0.5) is 21.7 Å². The van der Waals surface area contributed by atoms with Gasteiger partial charge in [0.2, 0.25) is 11.9 Å². The van der Waals surface area contributed by atoms with Crippen LogP contribution in [-0.2, 0) is 7.05 Å². The number of nitrogens with one attached hydrogen (secondary N) is 1. The van der Waals surface area contributed by atoms with E-state index in [4.69, 9.17) is 4.98 Å². The van der Waals surface area contributed by atoms with Crippen LogP contribution in [0.25, 0.3) is 33.3 Å². The monoisotopic (exact) mass is 493 g/mol. The van der Waals surface area contributed by atoms with Gasteiger partial charge >= 0.3 is 0 Å². The summed E-state index contributed by atoms with van der Waals surface area (Å²) in [5.74, 6) is -0.0243. The van der Waals surface area contributed by atoms with E-state index in [-0.39, 0.29) is 0 Å². The van der Waals surface area contributed by atoms with Crippen molar-refractivity contribution in [3.05, 3.63) is 85.2 Å². The molecule has 0 bridgehead atoms. The average molecular weight is 494 g/mol. The third-order valence-electron chi connectivity index (χ3n) is 6.97. The summed E-state index contributed by atoms with van der Waals surface area (Å²) in [5.41, 5.74) is 6.53. The second-order valence-electron chi connectivity index (χ2n) is 9.46. The van der Waals surface area contributed by atoms with Gasteiger partial charge in [0.15, 0.2) is 0 Å². The summed E-state index contributed by atoms with van der Waals surface area (Å²) in [7, 11) is 4.18. The third kappa shape index (κ3) is 4.63. The second kappa shape index (κ2) is 9.63. The predicted molar refractivity (Wildman–Crippen MR) is 147 cm³/mol. The highest BCUT2D eigenvalue weighted by Gasteiger charge is 2.18. The maximum absolute atomic E-state index is 13.5. The standard InChI is InChI=1S/C29H28FN7/c1-35-13-15-37(16-14-35)22-10-8-21(9-11-22)33-29-32-18-24(20-7-12-27(30)31-17-20)28(34-29)25-19-36(2)26-6-4-3-5-23(25)26/h3-12,17-19H,13-16H2,1-2H3,(H,32,33,34). The van der Waals surface area contributed by atoms with Gasteiger partial charge < -0.3 is 19.7 Å². The number of hydrogen-bond donors (Lipinski definition) is 1. The Bertz CT molecular complexity index is 1540. The van der Waals surface area contributed by atoms with Crippen LogP contribution < -0.4 is 10.2 Å². The zero-order chi connectivity index (χ0) is 25.4. The Balaban J connectivity index is 1.36. The van der Waals surface area contributed by atoms with Gasteiger partial charge in [-0.15, -0.1) is 0 Å². The summed E-state index contributed by atoms with van der Waals surface area (Å²) in [5, 5.41) is 4.45. The van der Waals surface area contributed by atoms with Crippen molar-refractivity contribution in [2.75, 3.05) is 43.4 Å². The van der Waals surface area contributed by atoms with Crippen molar-refractivity contribution >= 4 is 28.2 Å². The number of piperazine rings is 1. The molecule has 0 atom stereocenters. The lowest BCUT2D eigenvalue weighted by Crippen LogP contribution is -2.44. The van der Waals surface area contributed by atoms with E-state index in [0.717, 1.165) is 65.2 Å². The molecule has 8 heteroatoms. The fourth-order valence-corrected chi connectivity index (χ4v) is 4.87. The van der Waals surface area contributed by atoms with Gasteiger partial charge in [0, 0.05) is 90.8 Å². The minimum Gasteiger partial charge on any atom is -0.369 e. The van der Waals surface area contributed by atoms with E-state index in [1.165, 1.54) is 18.0 Å². The van der Waals surface area contributed by atoms with Crippen molar-refractivity contribution in [1.82, 2.24) is 24.4 Å². The van der Waals surface area contributed by atoms with Crippen molar-refractivity contribution in [2.45, 2.75) is 0 Å². The van der Waals surface area contributed by atoms with E-state index >= 15 is 0 Å². The van der Waals surface area contributed by atoms with Crippen molar-refractivity contribution in [3.8, 4) is 22.4 Å². The molecule has 6 rings (SSSR count). The van der Waals surface area contributed by atoms with Crippen molar-refractivity contribution in [1.29, 1.82) is 0 Å². The van der Waals surface area contributed by atoms with Crippen molar-refractivity contribution < 1.29 is 4.39 Å². The lowest BCUT2D eigenvalue weighted by atomic mass is 10.0. The molecule has 0 radical (unpaired) electrons. The van der Waals surface area contributed by atoms with Gasteiger partial charge in [-0.2, -0.15) is 4.39 Å². The summed E-state index contributed by atoms with van der Waals surface area (Å²) in [6.07, 6.45) is 5.37. The van der Waals surface area contributed by atoms with Crippen LogP contribution in [0.15, 0.2) is 79.3 Å². The summed E-state index contributed by atoms with van der Waals surface area (Å²) >= 11 is 0. The first-order valence-corrected chi connectivity index (χ1v) is 12.4. The molecule has 0 amide bonds. The largest absolute Gasteiger partial charge is 0.369 e. The Labute approximate surface area is 215 Å². The van der Waals surface area contributed by atoms with Crippen LogP contribution >= 0.6 is 0 Å². The lowest BCUT2D eigenvalue weighted by molar-refractivity contribution is 0.313. The van der Waals surface area contributed by atoms with Gasteiger partial charge in [-0.05, 0) is 49.5 Å². The van der Waals surface area contributed by atoms with E-state index in [0.29, 0.717) is 5.95 Å². The molecule has 2 aromatic carbocycles. The fourth-order valence-electron chi connectivity index (χ4n) is 4.87. The molecule has 0 saturated carbocycles. The molecule has 0 aliphatic carbocycles. The third-order valence-corrected chi connectivity index (χ3v) is 6.97. The molecule has 5 aromatic rings. The molecule has 37 heavy (non-hydrogen) atoms. The number of likely N-dealkylation sites (N-methyl/N-ethyl adjacent to an activating group) is 1. The first kappa shape index (κ1) is 23.1. The Morgan fingerprint density at radius 1 is 0.811 bits per heavy atom. The van der Waals surface area contributed by atoms with Gasteiger partial charge in [0.1, 0.15) is 0 Å². The Morgan fingerprint density at radius 3 is 2.35 bits per heavy atom. The molecule has 186 valence electrons. The summed E-state index contributed by atoms with van der Waals surface area (Å²) in [4.78, 5) is 18.2. The Morgan fingerprint density at radius 2 is 1.59 bits per heavy atom. The highest BCUT2D eigenvalue weighted by Crippen LogP contribution is 2.36. The topological polar surface area (TPSA) is 62.1 Å². The number of rotatable bonds is 5. The van der Waals surface area contributed by atoms with E-state index in [1.807, 2.05) is 19.2 Å². The van der Waals surface area contributed by atoms with Crippen molar-refractivity contribution in [3.63, 3.8) is 0 Å². The van der Waals surface area contributed by atoms with Crippen LogP contribution in [0.5, 0.6) is 0 Å². The SMILES string of the molecule is CN1CCN(c2ccc(Nc3ncc(-c4ccc(F)nc4)c(-c4cn(C)c5ccccc45)n3)cc2)CC1. The number of aromatic nitrogens is 4. The van der Waals surface area contributed by atoms with Crippen LogP contribution in [-0.4, -0.2) is 57.6 Å². The van der Waals surface area contributed by atoms with Gasteiger partial charge in [-0.3, -0.25) is 0 Å². The van der Waals surface area contributed by atoms with Crippen LogP contribution in [0.2, 0.25) is 0 Å². The number of pyridine rings is 1. The first-order chi connectivity index (χ1) is 18.0. The van der Waals surface area contributed by atoms with Gasteiger partial charge in [0.05, 0.1) is 5.69 Å².